The summed E-state index contributed by atoms with van der Waals surface area (Å²) < 4.78 is 14.1. The van der Waals surface area contributed by atoms with Crippen molar-refractivity contribution in [2.45, 2.75) is 31.5 Å². The van der Waals surface area contributed by atoms with Crippen molar-refractivity contribution < 1.29 is 4.39 Å². The molecule has 1 aliphatic rings. The second-order valence-corrected chi connectivity index (χ2v) is 4.08. The van der Waals surface area contributed by atoms with Crippen molar-refractivity contribution in [2.75, 3.05) is 5.73 Å². The van der Waals surface area contributed by atoms with Gasteiger partial charge in [-0.05, 0) is 18.6 Å². The number of hydrogen-bond donors (Lipinski definition) is 2. The van der Waals surface area contributed by atoms with E-state index < -0.39 is 5.67 Å². The monoisotopic (exact) mass is 195 g/mol. The van der Waals surface area contributed by atoms with E-state index in [0.717, 1.165) is 5.56 Å². The van der Waals surface area contributed by atoms with Crippen molar-refractivity contribution in [3.8, 4) is 0 Å². The van der Waals surface area contributed by atoms with Crippen molar-refractivity contribution in [2.24, 2.45) is 5.73 Å². The van der Waals surface area contributed by atoms with Gasteiger partial charge in [0.2, 0.25) is 0 Å². The van der Waals surface area contributed by atoms with Gasteiger partial charge in [0.25, 0.3) is 0 Å². The van der Waals surface area contributed by atoms with Gasteiger partial charge in [-0.15, -0.1) is 0 Å². The highest BCUT2D eigenvalue weighted by molar-refractivity contribution is 5.46. The summed E-state index contributed by atoms with van der Waals surface area (Å²) in [5.74, 6) is 0.282. The molecular formula is C10H14FN3. The molecule has 0 unspecified atom stereocenters. The number of nitrogen functional groups attached to an aromatic ring is 1. The largest absolute Gasteiger partial charge is 0.383 e. The lowest BCUT2D eigenvalue weighted by atomic mass is 9.73. The topological polar surface area (TPSA) is 64.9 Å². The van der Waals surface area contributed by atoms with E-state index >= 15 is 0 Å². The molecule has 0 atom stereocenters. The van der Waals surface area contributed by atoms with Gasteiger partial charge in [-0.25, -0.2) is 9.37 Å². The number of aromatic nitrogens is 1. The van der Waals surface area contributed by atoms with Crippen LogP contribution in [0.2, 0.25) is 0 Å². The van der Waals surface area contributed by atoms with Crippen molar-refractivity contribution in [1.29, 1.82) is 0 Å². The average molecular weight is 195 g/mol. The zero-order chi connectivity index (χ0) is 10.3. The summed E-state index contributed by atoms with van der Waals surface area (Å²) in [6, 6.07) is 1.72. The van der Waals surface area contributed by atoms with E-state index in [1.807, 2.05) is 6.92 Å². The lowest BCUT2D eigenvalue weighted by Gasteiger charge is -2.39. The number of hydrogen-bond acceptors (Lipinski definition) is 3. The molecule has 0 saturated heterocycles. The summed E-state index contributed by atoms with van der Waals surface area (Å²) in [5.41, 5.74) is 11.3. The fourth-order valence-corrected chi connectivity index (χ4v) is 1.93. The number of aryl methyl sites for hydroxylation is 1. The lowest BCUT2D eigenvalue weighted by molar-refractivity contribution is 0.0410. The molecule has 1 aromatic heterocycles. The summed E-state index contributed by atoms with van der Waals surface area (Å²) in [6.45, 7) is 1.87. The molecule has 1 aromatic rings. The van der Waals surface area contributed by atoms with Gasteiger partial charge >= 0.3 is 0 Å². The average Bonchev–Trinajstić information content (AvgIpc) is 2.07. The van der Waals surface area contributed by atoms with E-state index in [1.165, 1.54) is 0 Å². The second kappa shape index (κ2) is 2.92. The van der Waals surface area contributed by atoms with Crippen LogP contribution in [0.25, 0.3) is 0 Å². The van der Waals surface area contributed by atoms with E-state index in [-0.39, 0.29) is 11.9 Å². The molecule has 1 fully saturated rings. The Balaban J connectivity index is 2.36. The molecule has 1 heterocycles. The molecule has 4 N–H and O–H groups in total. The van der Waals surface area contributed by atoms with Gasteiger partial charge in [0.15, 0.2) is 0 Å². The number of anilines is 1. The molecule has 3 nitrogen and oxygen atoms in total. The smallest absolute Gasteiger partial charge is 0.142 e. The molecule has 14 heavy (non-hydrogen) atoms. The Kier molecular flexibility index (Phi) is 1.96. The van der Waals surface area contributed by atoms with Gasteiger partial charge in [-0.3, -0.25) is 0 Å². The van der Waals surface area contributed by atoms with Crippen LogP contribution in [0.4, 0.5) is 10.2 Å². The maximum atomic E-state index is 14.1. The third-order valence-corrected chi connectivity index (χ3v) is 2.71. The Morgan fingerprint density at radius 3 is 2.79 bits per heavy atom. The Morgan fingerprint density at radius 2 is 2.21 bits per heavy atom. The lowest BCUT2D eigenvalue weighted by Crippen LogP contribution is -2.46. The fourth-order valence-electron chi connectivity index (χ4n) is 1.93. The molecular weight excluding hydrogens is 181 g/mol. The van der Waals surface area contributed by atoms with E-state index in [2.05, 4.69) is 4.98 Å². The minimum absolute atomic E-state index is 0.0417. The third-order valence-electron chi connectivity index (χ3n) is 2.71. The van der Waals surface area contributed by atoms with Crippen LogP contribution in [-0.4, -0.2) is 11.0 Å². The van der Waals surface area contributed by atoms with Gasteiger partial charge < -0.3 is 11.5 Å². The molecule has 0 spiro atoms. The predicted octanol–water partition coefficient (Wildman–Crippen LogP) is 1.26. The van der Waals surface area contributed by atoms with E-state index in [4.69, 9.17) is 11.5 Å². The molecule has 0 aromatic carbocycles. The number of nitrogens with zero attached hydrogens (tertiary/aromatic N) is 1. The van der Waals surface area contributed by atoms with Crippen LogP contribution >= 0.6 is 0 Å². The Morgan fingerprint density at radius 1 is 1.57 bits per heavy atom. The second-order valence-electron chi connectivity index (χ2n) is 4.08. The van der Waals surface area contributed by atoms with Crippen LogP contribution in [-0.2, 0) is 5.67 Å². The number of rotatable bonds is 1. The van der Waals surface area contributed by atoms with Crippen LogP contribution in [0.15, 0.2) is 12.3 Å². The van der Waals surface area contributed by atoms with Crippen LogP contribution in [0.5, 0.6) is 0 Å². The van der Waals surface area contributed by atoms with E-state index in [1.54, 1.807) is 12.3 Å². The molecule has 2 rings (SSSR count). The first-order valence-corrected chi connectivity index (χ1v) is 4.68. The SMILES string of the molecule is Cc1cnc(N)c(C2(F)CC(N)C2)c1. The van der Waals surface area contributed by atoms with Gasteiger partial charge in [0.05, 0.1) is 0 Å². The third kappa shape index (κ3) is 1.35. The molecule has 4 heteroatoms. The highest BCUT2D eigenvalue weighted by Crippen LogP contribution is 2.46. The zero-order valence-corrected chi connectivity index (χ0v) is 8.13. The summed E-state index contributed by atoms with van der Waals surface area (Å²) in [5, 5.41) is 0. The van der Waals surface area contributed by atoms with Gasteiger partial charge in [0.1, 0.15) is 11.5 Å². The highest BCUT2D eigenvalue weighted by Gasteiger charge is 2.46. The Labute approximate surface area is 82.3 Å². The molecule has 0 aliphatic heterocycles. The minimum atomic E-state index is -1.34. The van der Waals surface area contributed by atoms with Crippen molar-refractivity contribution in [3.05, 3.63) is 23.4 Å². The van der Waals surface area contributed by atoms with Crippen LogP contribution in [0.3, 0.4) is 0 Å². The minimum Gasteiger partial charge on any atom is -0.383 e. The van der Waals surface area contributed by atoms with Crippen molar-refractivity contribution >= 4 is 5.82 Å². The number of pyridine rings is 1. The van der Waals surface area contributed by atoms with Gasteiger partial charge in [-0.1, -0.05) is 0 Å². The van der Waals surface area contributed by atoms with Gasteiger partial charge in [-0.2, -0.15) is 0 Å². The van der Waals surface area contributed by atoms with Gasteiger partial charge in [0, 0.05) is 30.6 Å². The van der Waals surface area contributed by atoms with Crippen molar-refractivity contribution in [3.63, 3.8) is 0 Å². The van der Waals surface area contributed by atoms with Crippen LogP contribution in [0, 0.1) is 6.92 Å². The maximum Gasteiger partial charge on any atom is 0.142 e. The molecule has 76 valence electrons. The first kappa shape index (κ1) is 9.40. The van der Waals surface area contributed by atoms with Crippen LogP contribution in [0.1, 0.15) is 24.0 Å². The number of alkyl halides is 1. The zero-order valence-electron chi connectivity index (χ0n) is 8.13. The normalized spacial score (nSPS) is 31.2. The highest BCUT2D eigenvalue weighted by atomic mass is 19.1. The quantitative estimate of drug-likeness (QED) is 0.709. The summed E-state index contributed by atoms with van der Waals surface area (Å²) >= 11 is 0. The molecule has 0 amide bonds. The first-order chi connectivity index (χ1) is 6.51. The summed E-state index contributed by atoms with van der Waals surface area (Å²) in [7, 11) is 0. The van der Waals surface area contributed by atoms with Crippen LogP contribution < -0.4 is 11.5 Å². The first-order valence-electron chi connectivity index (χ1n) is 4.68. The summed E-state index contributed by atoms with van der Waals surface area (Å²) in [4.78, 5) is 3.95. The standard InChI is InChI=1S/C10H14FN3/c1-6-2-8(9(13)14-5-6)10(11)3-7(12)4-10/h2,5,7H,3-4,12H2,1H3,(H2,13,14). The molecule has 0 radical (unpaired) electrons. The Bertz CT molecular complexity index is 358. The van der Waals surface area contributed by atoms with E-state index in [0.29, 0.717) is 18.4 Å². The van der Waals surface area contributed by atoms with E-state index in [9.17, 15) is 4.39 Å². The maximum absolute atomic E-state index is 14.1. The predicted molar refractivity (Wildman–Crippen MR) is 53.4 cm³/mol. The molecule has 0 bridgehead atoms. The molecule has 1 aliphatic carbocycles. The number of nitrogens with two attached hydrogens (primary N) is 2. The fraction of sp³-hybridized carbons (Fsp3) is 0.500. The summed E-state index contributed by atoms with van der Waals surface area (Å²) in [6.07, 6.45) is 2.34. The number of halogens is 1. The molecule has 1 saturated carbocycles. The van der Waals surface area contributed by atoms with Crippen molar-refractivity contribution in [1.82, 2.24) is 4.98 Å². The Hall–Kier alpha value is -1.16.